The molecule has 0 spiro atoms. The van der Waals surface area contributed by atoms with Gasteiger partial charge in [0.1, 0.15) is 5.69 Å². The van der Waals surface area contributed by atoms with Crippen molar-refractivity contribution < 1.29 is 27.7 Å². The molecule has 1 aromatic heterocycles. The number of hydrogen-bond donors (Lipinski definition) is 1. The van der Waals surface area contributed by atoms with Crippen LogP contribution in [0.4, 0.5) is 18.9 Å². The van der Waals surface area contributed by atoms with E-state index in [0.717, 1.165) is 0 Å². The number of aliphatic hydroxyl groups excluding tert-OH is 1. The first kappa shape index (κ1) is 16.7. The second-order valence-electron chi connectivity index (χ2n) is 5.03. The van der Waals surface area contributed by atoms with E-state index < -0.39 is 29.0 Å². The van der Waals surface area contributed by atoms with Gasteiger partial charge in [0, 0.05) is 11.6 Å². The minimum Gasteiger partial charge on any atom is -0.391 e. The Morgan fingerprint density at radius 1 is 1.16 bits per heavy atom. The number of aromatic nitrogens is 1. The van der Waals surface area contributed by atoms with E-state index in [1.807, 2.05) is 0 Å². The highest BCUT2D eigenvalue weighted by molar-refractivity contribution is 5.77. The predicted molar refractivity (Wildman–Crippen MR) is 79.8 cm³/mol. The molecule has 0 bridgehead atoms. The monoisotopic (exact) mass is 350 g/mol. The van der Waals surface area contributed by atoms with Gasteiger partial charge in [-0.05, 0) is 18.2 Å². The molecule has 6 nitrogen and oxygen atoms in total. The molecule has 0 aliphatic carbocycles. The van der Waals surface area contributed by atoms with E-state index >= 15 is 0 Å². The molecule has 1 heterocycles. The summed E-state index contributed by atoms with van der Waals surface area (Å²) in [6.07, 6.45) is 0. The number of rotatable bonds is 4. The molecule has 0 saturated heterocycles. The standard InChI is InChI=1S/C16H9F3N2O4/c17-11-5-8(6-12(18)14(11)19)15-10(7-22)16(25-20-15)9-3-1-2-4-13(9)21(23)24/h1-6,22H,7H2. The average Bonchev–Trinajstić information content (AvgIpc) is 3.03. The van der Waals surface area contributed by atoms with Crippen molar-refractivity contribution in [2.45, 2.75) is 6.61 Å². The maximum atomic E-state index is 13.4. The second-order valence-corrected chi connectivity index (χ2v) is 5.03. The van der Waals surface area contributed by atoms with E-state index in [2.05, 4.69) is 5.16 Å². The van der Waals surface area contributed by atoms with Gasteiger partial charge in [-0.3, -0.25) is 10.1 Å². The van der Waals surface area contributed by atoms with Crippen LogP contribution in [-0.4, -0.2) is 15.2 Å². The highest BCUT2D eigenvalue weighted by Crippen LogP contribution is 2.37. The van der Waals surface area contributed by atoms with Gasteiger partial charge >= 0.3 is 0 Å². The maximum Gasteiger partial charge on any atom is 0.280 e. The third kappa shape index (κ3) is 2.85. The largest absolute Gasteiger partial charge is 0.391 e. The normalized spacial score (nSPS) is 10.9. The van der Waals surface area contributed by atoms with Crippen LogP contribution in [0.1, 0.15) is 5.56 Å². The van der Waals surface area contributed by atoms with Gasteiger partial charge in [-0.25, -0.2) is 13.2 Å². The summed E-state index contributed by atoms with van der Waals surface area (Å²) < 4.78 is 45.0. The van der Waals surface area contributed by atoms with Crippen LogP contribution in [0.25, 0.3) is 22.6 Å². The van der Waals surface area contributed by atoms with Crippen molar-refractivity contribution in [3.05, 3.63) is 69.5 Å². The van der Waals surface area contributed by atoms with Crippen molar-refractivity contribution in [1.29, 1.82) is 0 Å². The van der Waals surface area contributed by atoms with E-state index in [-0.39, 0.29) is 33.8 Å². The van der Waals surface area contributed by atoms with Crippen LogP contribution in [0.3, 0.4) is 0 Å². The fourth-order valence-corrected chi connectivity index (χ4v) is 2.41. The Morgan fingerprint density at radius 2 is 1.80 bits per heavy atom. The fourth-order valence-electron chi connectivity index (χ4n) is 2.41. The van der Waals surface area contributed by atoms with Crippen molar-refractivity contribution >= 4 is 5.69 Å². The lowest BCUT2D eigenvalue weighted by atomic mass is 10.0. The summed E-state index contributed by atoms with van der Waals surface area (Å²) >= 11 is 0. The number of para-hydroxylation sites is 1. The summed E-state index contributed by atoms with van der Waals surface area (Å²) in [5.41, 5.74) is -0.586. The number of nitro groups is 1. The van der Waals surface area contributed by atoms with Crippen molar-refractivity contribution in [2.75, 3.05) is 0 Å². The second kappa shape index (κ2) is 6.36. The number of hydrogen-bond acceptors (Lipinski definition) is 5. The van der Waals surface area contributed by atoms with Crippen LogP contribution >= 0.6 is 0 Å². The third-order valence-electron chi connectivity index (χ3n) is 3.55. The van der Waals surface area contributed by atoms with E-state index in [4.69, 9.17) is 4.52 Å². The van der Waals surface area contributed by atoms with E-state index in [1.54, 1.807) is 0 Å². The van der Waals surface area contributed by atoms with Crippen LogP contribution in [0, 0.1) is 27.6 Å². The molecule has 0 radical (unpaired) electrons. The zero-order chi connectivity index (χ0) is 18.1. The van der Waals surface area contributed by atoms with Crippen molar-refractivity contribution in [3.8, 4) is 22.6 Å². The quantitative estimate of drug-likeness (QED) is 0.439. The lowest BCUT2D eigenvalue weighted by Gasteiger charge is -2.03. The molecule has 0 unspecified atom stereocenters. The number of aliphatic hydroxyl groups is 1. The Labute approximate surface area is 138 Å². The Morgan fingerprint density at radius 3 is 2.40 bits per heavy atom. The fraction of sp³-hybridized carbons (Fsp3) is 0.0625. The Hall–Kier alpha value is -3.20. The first-order valence-electron chi connectivity index (χ1n) is 6.92. The molecule has 25 heavy (non-hydrogen) atoms. The van der Waals surface area contributed by atoms with Crippen LogP contribution in [0.2, 0.25) is 0 Å². The number of halogens is 3. The zero-order valence-electron chi connectivity index (χ0n) is 12.4. The summed E-state index contributed by atoms with van der Waals surface area (Å²) in [5.74, 6) is -4.63. The lowest BCUT2D eigenvalue weighted by molar-refractivity contribution is -0.384. The van der Waals surface area contributed by atoms with Gasteiger partial charge in [-0.1, -0.05) is 17.3 Å². The zero-order valence-corrected chi connectivity index (χ0v) is 12.4. The summed E-state index contributed by atoms with van der Waals surface area (Å²) in [6, 6.07) is 6.96. The molecule has 0 saturated carbocycles. The molecule has 128 valence electrons. The van der Waals surface area contributed by atoms with Crippen molar-refractivity contribution in [1.82, 2.24) is 5.16 Å². The highest BCUT2D eigenvalue weighted by Gasteiger charge is 2.25. The van der Waals surface area contributed by atoms with Crippen LogP contribution in [0.15, 0.2) is 40.9 Å². The van der Waals surface area contributed by atoms with Gasteiger partial charge in [0.05, 0.1) is 22.7 Å². The number of nitrogens with zero attached hydrogens (tertiary/aromatic N) is 2. The molecular weight excluding hydrogens is 341 g/mol. The van der Waals surface area contributed by atoms with Gasteiger partial charge in [-0.2, -0.15) is 0 Å². The predicted octanol–water partition coefficient (Wildman–Crippen LogP) is 3.83. The molecular formula is C16H9F3N2O4. The number of benzene rings is 2. The van der Waals surface area contributed by atoms with Gasteiger partial charge in [0.15, 0.2) is 23.2 Å². The average molecular weight is 350 g/mol. The number of nitro benzene ring substituents is 1. The highest BCUT2D eigenvalue weighted by atomic mass is 19.2. The molecule has 3 rings (SSSR count). The van der Waals surface area contributed by atoms with Gasteiger partial charge in [0.25, 0.3) is 5.69 Å². The minimum atomic E-state index is -1.64. The smallest absolute Gasteiger partial charge is 0.280 e. The van der Waals surface area contributed by atoms with E-state index in [1.165, 1.54) is 24.3 Å². The molecule has 1 N–H and O–H groups in total. The Bertz CT molecular complexity index is 949. The molecule has 0 amide bonds. The lowest BCUT2D eigenvalue weighted by Crippen LogP contribution is -1.96. The molecule has 0 atom stereocenters. The molecule has 0 fully saturated rings. The van der Waals surface area contributed by atoms with Crippen LogP contribution in [-0.2, 0) is 6.61 Å². The van der Waals surface area contributed by atoms with Gasteiger partial charge in [-0.15, -0.1) is 0 Å². The summed E-state index contributed by atoms with van der Waals surface area (Å²) in [6.45, 7) is -0.666. The van der Waals surface area contributed by atoms with E-state index in [9.17, 15) is 28.4 Å². The minimum absolute atomic E-state index is 0.0142. The molecule has 3 aromatic rings. The van der Waals surface area contributed by atoms with Gasteiger partial charge < -0.3 is 9.63 Å². The van der Waals surface area contributed by atoms with Crippen LogP contribution in [0.5, 0.6) is 0 Å². The Kier molecular flexibility index (Phi) is 4.24. The van der Waals surface area contributed by atoms with Crippen molar-refractivity contribution in [3.63, 3.8) is 0 Å². The first-order valence-corrected chi connectivity index (χ1v) is 6.92. The van der Waals surface area contributed by atoms with Crippen LogP contribution < -0.4 is 0 Å². The topological polar surface area (TPSA) is 89.4 Å². The molecule has 9 heteroatoms. The molecule has 0 aliphatic heterocycles. The summed E-state index contributed by atoms with van der Waals surface area (Å²) in [7, 11) is 0. The SMILES string of the molecule is O=[N+]([O-])c1ccccc1-c1onc(-c2cc(F)c(F)c(F)c2)c1CO. The first-order chi connectivity index (χ1) is 11.9. The van der Waals surface area contributed by atoms with E-state index in [0.29, 0.717) is 12.1 Å². The molecule has 2 aromatic carbocycles. The van der Waals surface area contributed by atoms with Crippen molar-refractivity contribution in [2.24, 2.45) is 0 Å². The Balaban J connectivity index is 2.20. The van der Waals surface area contributed by atoms with Gasteiger partial charge in [0.2, 0.25) is 0 Å². The maximum absolute atomic E-state index is 13.4. The third-order valence-corrected chi connectivity index (χ3v) is 3.55. The summed E-state index contributed by atoms with van der Waals surface area (Å²) in [5, 5.41) is 24.4. The molecule has 0 aliphatic rings. The summed E-state index contributed by atoms with van der Waals surface area (Å²) in [4.78, 5) is 10.5.